The first-order valence-corrected chi connectivity index (χ1v) is 8.28. The van der Waals surface area contributed by atoms with E-state index in [0.717, 1.165) is 50.0 Å². The van der Waals surface area contributed by atoms with Gasteiger partial charge in [0.05, 0.1) is 11.1 Å². The predicted octanol–water partition coefficient (Wildman–Crippen LogP) is 2.25. The molecule has 3 aliphatic rings. The van der Waals surface area contributed by atoms with Gasteiger partial charge in [-0.15, -0.1) is 5.10 Å². The Hall–Kier alpha value is -2.21. The fourth-order valence-corrected chi connectivity index (χ4v) is 3.86. The number of hydrogen-bond acceptors (Lipinski definition) is 5. The molecule has 0 bridgehead atoms. The Morgan fingerprint density at radius 3 is 2.74 bits per heavy atom. The van der Waals surface area contributed by atoms with Crippen LogP contribution in [0.3, 0.4) is 0 Å². The highest BCUT2D eigenvalue weighted by molar-refractivity contribution is 6.13. The third-order valence-electron chi connectivity index (χ3n) is 5.33. The Kier molecular flexibility index (Phi) is 2.68. The molecule has 0 atom stereocenters. The van der Waals surface area contributed by atoms with Crippen LogP contribution in [0, 0.1) is 0 Å². The zero-order valence-corrected chi connectivity index (χ0v) is 12.8. The highest BCUT2D eigenvalue weighted by Crippen LogP contribution is 2.58. The molecule has 23 heavy (non-hydrogen) atoms. The largest absolute Gasteiger partial charge is 0.407 e. The van der Waals surface area contributed by atoms with Crippen molar-refractivity contribution >= 4 is 17.6 Å². The summed E-state index contributed by atoms with van der Waals surface area (Å²) in [5.41, 5.74) is 1.67. The average molecular weight is 310 g/mol. The third kappa shape index (κ3) is 1.81. The lowest BCUT2D eigenvalue weighted by Crippen LogP contribution is -2.28. The molecular weight excluding hydrogens is 292 g/mol. The minimum Gasteiger partial charge on any atom is -0.407 e. The van der Waals surface area contributed by atoms with Crippen LogP contribution < -0.4 is 10.2 Å². The number of benzene rings is 1. The number of piperidine rings is 1. The Bertz CT molecular complexity index is 774. The molecule has 1 saturated carbocycles. The van der Waals surface area contributed by atoms with Gasteiger partial charge in [0.1, 0.15) is 0 Å². The molecule has 1 aliphatic carbocycles. The second kappa shape index (κ2) is 4.64. The van der Waals surface area contributed by atoms with Crippen LogP contribution >= 0.6 is 0 Å². The normalized spacial score (nSPS) is 22.6. The van der Waals surface area contributed by atoms with Crippen molar-refractivity contribution in [1.29, 1.82) is 0 Å². The number of fused-ring (bicyclic) bond motifs is 2. The van der Waals surface area contributed by atoms with Crippen molar-refractivity contribution in [3.63, 3.8) is 0 Å². The smallest absolute Gasteiger partial charge is 0.329 e. The van der Waals surface area contributed by atoms with Crippen molar-refractivity contribution in [3.8, 4) is 0 Å². The average Bonchev–Trinajstić information content (AvgIpc) is 3.20. The highest BCUT2D eigenvalue weighted by atomic mass is 16.4. The summed E-state index contributed by atoms with van der Waals surface area (Å²) in [7, 11) is 0. The molecule has 2 aliphatic heterocycles. The van der Waals surface area contributed by atoms with E-state index in [1.165, 1.54) is 0 Å². The van der Waals surface area contributed by atoms with Crippen LogP contribution in [0.15, 0.2) is 28.7 Å². The Balaban J connectivity index is 1.53. The standard InChI is InChI=1S/C17H18N4O2/c22-15-17(7-8-17)12-3-1-2-4-13(12)21(15)16-20-19-14(23-16)11-5-9-18-10-6-11/h1-4,11,18H,5-10H2. The summed E-state index contributed by atoms with van der Waals surface area (Å²) in [5, 5.41) is 11.7. The van der Waals surface area contributed by atoms with Crippen molar-refractivity contribution in [3.05, 3.63) is 35.7 Å². The van der Waals surface area contributed by atoms with Crippen LogP contribution in [-0.4, -0.2) is 29.2 Å². The lowest BCUT2D eigenvalue weighted by Gasteiger charge is -2.19. The minimum absolute atomic E-state index is 0.0826. The summed E-state index contributed by atoms with van der Waals surface area (Å²) >= 11 is 0. The maximum Gasteiger partial charge on any atom is 0.329 e. The number of carbonyl (C=O) groups is 1. The van der Waals surface area contributed by atoms with E-state index >= 15 is 0 Å². The molecule has 0 radical (unpaired) electrons. The molecular formula is C17H18N4O2. The van der Waals surface area contributed by atoms with Crippen LogP contribution in [0.25, 0.3) is 0 Å². The number of nitrogens with zero attached hydrogens (tertiary/aromatic N) is 3. The number of carbonyl (C=O) groups excluding carboxylic acids is 1. The third-order valence-corrected chi connectivity index (χ3v) is 5.33. The summed E-state index contributed by atoms with van der Waals surface area (Å²) in [4.78, 5) is 14.5. The van der Waals surface area contributed by atoms with Gasteiger partial charge in [0.25, 0.3) is 0 Å². The van der Waals surface area contributed by atoms with Gasteiger partial charge in [-0.05, 0) is 50.4 Å². The highest BCUT2D eigenvalue weighted by Gasteiger charge is 2.60. The van der Waals surface area contributed by atoms with Gasteiger partial charge in [-0.3, -0.25) is 4.79 Å². The van der Waals surface area contributed by atoms with Crippen molar-refractivity contribution in [2.45, 2.75) is 37.0 Å². The van der Waals surface area contributed by atoms with Crippen molar-refractivity contribution in [2.75, 3.05) is 18.0 Å². The molecule has 2 aromatic rings. The van der Waals surface area contributed by atoms with Crippen LogP contribution in [0.1, 0.15) is 43.1 Å². The van der Waals surface area contributed by atoms with Crippen molar-refractivity contribution in [2.24, 2.45) is 0 Å². The fourth-order valence-electron chi connectivity index (χ4n) is 3.86. The van der Waals surface area contributed by atoms with E-state index in [4.69, 9.17) is 4.42 Å². The molecule has 1 aromatic carbocycles. The minimum atomic E-state index is -0.333. The summed E-state index contributed by atoms with van der Waals surface area (Å²) in [6, 6.07) is 8.27. The molecule has 1 saturated heterocycles. The molecule has 6 heteroatoms. The predicted molar refractivity (Wildman–Crippen MR) is 83.6 cm³/mol. The lowest BCUT2D eigenvalue weighted by atomic mass is 9.98. The topological polar surface area (TPSA) is 71.3 Å². The summed E-state index contributed by atoms with van der Waals surface area (Å²) in [6.45, 7) is 1.94. The van der Waals surface area contributed by atoms with Crippen LogP contribution in [-0.2, 0) is 10.2 Å². The molecule has 1 N–H and O–H groups in total. The second-order valence-corrected chi connectivity index (χ2v) is 6.69. The number of rotatable bonds is 2. The maximum atomic E-state index is 12.9. The Morgan fingerprint density at radius 1 is 1.17 bits per heavy atom. The first-order chi connectivity index (χ1) is 11.3. The molecule has 118 valence electrons. The van der Waals surface area contributed by atoms with Gasteiger partial charge in [0, 0.05) is 5.92 Å². The molecule has 1 amide bonds. The summed E-state index contributed by atoms with van der Waals surface area (Å²) in [5.74, 6) is 1.03. The van der Waals surface area contributed by atoms with Crippen LogP contribution in [0.2, 0.25) is 0 Å². The molecule has 0 unspecified atom stereocenters. The van der Waals surface area contributed by atoms with Gasteiger partial charge in [-0.1, -0.05) is 23.3 Å². The zero-order valence-electron chi connectivity index (χ0n) is 12.8. The van der Waals surface area contributed by atoms with E-state index in [1.54, 1.807) is 4.90 Å². The maximum absolute atomic E-state index is 12.9. The fraction of sp³-hybridized carbons (Fsp3) is 0.471. The Labute approximate surface area is 133 Å². The molecule has 1 aromatic heterocycles. The molecule has 6 nitrogen and oxygen atoms in total. The van der Waals surface area contributed by atoms with E-state index in [-0.39, 0.29) is 11.3 Å². The van der Waals surface area contributed by atoms with Gasteiger partial charge < -0.3 is 9.73 Å². The Morgan fingerprint density at radius 2 is 1.96 bits per heavy atom. The number of para-hydroxylation sites is 1. The molecule has 2 fully saturated rings. The summed E-state index contributed by atoms with van der Waals surface area (Å²) < 4.78 is 5.91. The SMILES string of the molecule is O=C1N(c2nnc(C3CCNCC3)o2)c2ccccc2C12CC2. The van der Waals surface area contributed by atoms with E-state index < -0.39 is 0 Å². The van der Waals surface area contributed by atoms with E-state index in [1.807, 2.05) is 24.3 Å². The van der Waals surface area contributed by atoms with Crippen LogP contribution in [0.4, 0.5) is 11.7 Å². The van der Waals surface area contributed by atoms with Gasteiger partial charge in [0.2, 0.25) is 11.8 Å². The molecule has 1 spiro atoms. The monoisotopic (exact) mass is 310 g/mol. The van der Waals surface area contributed by atoms with Gasteiger partial charge in [-0.2, -0.15) is 0 Å². The first-order valence-electron chi connectivity index (χ1n) is 8.28. The number of hydrogen-bond donors (Lipinski definition) is 1. The number of nitrogens with one attached hydrogen (secondary N) is 1. The number of amides is 1. The van der Waals surface area contributed by atoms with Crippen molar-refractivity contribution in [1.82, 2.24) is 15.5 Å². The van der Waals surface area contributed by atoms with E-state index in [0.29, 0.717) is 17.8 Å². The van der Waals surface area contributed by atoms with Crippen LogP contribution in [0.5, 0.6) is 0 Å². The van der Waals surface area contributed by atoms with Gasteiger partial charge >= 0.3 is 6.01 Å². The van der Waals surface area contributed by atoms with Crippen molar-refractivity contribution < 1.29 is 9.21 Å². The van der Waals surface area contributed by atoms with Gasteiger partial charge in [-0.25, -0.2) is 4.90 Å². The van der Waals surface area contributed by atoms with Gasteiger partial charge in [0.15, 0.2) is 0 Å². The first kappa shape index (κ1) is 13.2. The molecule has 5 rings (SSSR count). The second-order valence-electron chi connectivity index (χ2n) is 6.69. The zero-order chi connectivity index (χ0) is 15.4. The van der Waals surface area contributed by atoms with E-state index in [2.05, 4.69) is 15.5 Å². The van der Waals surface area contributed by atoms with E-state index in [9.17, 15) is 4.79 Å². The molecule has 3 heterocycles. The number of anilines is 2. The number of aromatic nitrogens is 2. The summed E-state index contributed by atoms with van der Waals surface area (Å²) in [6.07, 6.45) is 3.81. The lowest BCUT2D eigenvalue weighted by molar-refractivity contribution is -0.119. The quantitative estimate of drug-likeness (QED) is 0.921.